The van der Waals surface area contributed by atoms with Crippen LogP contribution in [0.5, 0.6) is 0 Å². The molecule has 0 spiro atoms. The number of aryl methyl sites for hydroxylation is 1. The fraction of sp³-hybridized carbons (Fsp3) is 0.333. The first kappa shape index (κ1) is 16.4. The summed E-state index contributed by atoms with van der Waals surface area (Å²) >= 11 is 4.83. The molecule has 1 atom stereocenters. The van der Waals surface area contributed by atoms with Crippen LogP contribution >= 0.6 is 27.3 Å². The van der Waals surface area contributed by atoms with Crippen molar-refractivity contribution in [2.24, 2.45) is 5.92 Å². The Morgan fingerprint density at radius 2 is 2.04 bits per heavy atom. The van der Waals surface area contributed by atoms with Gasteiger partial charge in [0.25, 0.3) is 0 Å². The molecule has 0 fully saturated rings. The molecular weight excluding hydrogens is 376 g/mol. The van der Waals surface area contributed by atoms with Gasteiger partial charge in [0.2, 0.25) is 0 Å². The maximum absolute atomic E-state index is 12.2. The van der Waals surface area contributed by atoms with Gasteiger partial charge in [0.15, 0.2) is 12.4 Å². The minimum atomic E-state index is -0.400. The molecule has 1 aromatic carbocycles. The zero-order chi connectivity index (χ0) is 16.4. The lowest BCUT2D eigenvalue weighted by molar-refractivity contribution is 0.0479. The molecule has 1 aromatic heterocycles. The maximum atomic E-state index is 12.2. The summed E-state index contributed by atoms with van der Waals surface area (Å²) in [5.74, 6) is 0.0725. The highest BCUT2D eigenvalue weighted by Crippen LogP contribution is 2.32. The quantitative estimate of drug-likeness (QED) is 0.560. The van der Waals surface area contributed by atoms with Gasteiger partial charge in [-0.1, -0.05) is 35.0 Å². The highest BCUT2D eigenvalue weighted by Gasteiger charge is 2.21. The number of ether oxygens (including phenoxy) is 1. The number of carbonyl (C=O) groups excluding carboxylic acids is 2. The summed E-state index contributed by atoms with van der Waals surface area (Å²) in [6, 6.07) is 8.95. The molecule has 1 aliphatic carbocycles. The van der Waals surface area contributed by atoms with Gasteiger partial charge in [-0.25, -0.2) is 4.79 Å². The highest BCUT2D eigenvalue weighted by atomic mass is 79.9. The summed E-state index contributed by atoms with van der Waals surface area (Å²) in [5, 5.41) is 0. The lowest BCUT2D eigenvalue weighted by atomic mass is 9.90. The first-order chi connectivity index (χ1) is 11.0. The number of halogens is 1. The van der Waals surface area contributed by atoms with Crippen molar-refractivity contribution in [3.8, 4) is 0 Å². The second-order valence-corrected chi connectivity index (χ2v) is 7.97. The van der Waals surface area contributed by atoms with Crippen LogP contribution in [-0.2, 0) is 17.6 Å². The zero-order valence-corrected chi connectivity index (χ0v) is 15.2. The van der Waals surface area contributed by atoms with Gasteiger partial charge in [-0.05, 0) is 48.9 Å². The smallest absolute Gasteiger partial charge is 0.348 e. The summed E-state index contributed by atoms with van der Waals surface area (Å²) in [6.45, 7) is 2.01. The lowest BCUT2D eigenvalue weighted by Crippen LogP contribution is -2.13. The summed E-state index contributed by atoms with van der Waals surface area (Å²) in [5.41, 5.74) is 1.81. The molecule has 5 heteroatoms. The second-order valence-electron chi connectivity index (χ2n) is 5.91. The molecule has 120 valence electrons. The summed E-state index contributed by atoms with van der Waals surface area (Å²) < 4.78 is 6.10. The van der Waals surface area contributed by atoms with Crippen molar-refractivity contribution >= 4 is 39.0 Å². The van der Waals surface area contributed by atoms with Crippen molar-refractivity contribution in [2.45, 2.75) is 26.2 Å². The van der Waals surface area contributed by atoms with Crippen LogP contribution in [0, 0.1) is 5.92 Å². The first-order valence-electron chi connectivity index (χ1n) is 7.60. The molecule has 1 aliphatic rings. The molecule has 23 heavy (non-hydrogen) atoms. The van der Waals surface area contributed by atoms with Gasteiger partial charge < -0.3 is 4.74 Å². The standard InChI is InChI=1S/C18H17BrO3S/c1-11-2-7-16-13(8-11)9-17(23-16)18(21)22-10-15(20)12-3-5-14(19)6-4-12/h3-6,9,11H,2,7-8,10H2,1H3/t11-/m1/s1. The number of Topliss-reactive ketones (excluding diaryl/α,β-unsaturated/α-hetero) is 1. The average molecular weight is 393 g/mol. The molecule has 1 heterocycles. The van der Waals surface area contributed by atoms with Crippen LogP contribution in [0.15, 0.2) is 34.8 Å². The lowest BCUT2D eigenvalue weighted by Gasteiger charge is -2.16. The number of hydrogen-bond acceptors (Lipinski definition) is 4. The number of hydrogen-bond donors (Lipinski definition) is 0. The van der Waals surface area contributed by atoms with Gasteiger partial charge in [-0.15, -0.1) is 11.3 Å². The SMILES string of the molecule is C[C@@H]1CCc2sc(C(=O)OCC(=O)c3ccc(Br)cc3)cc2C1. The molecule has 0 saturated heterocycles. The van der Waals surface area contributed by atoms with Gasteiger partial charge >= 0.3 is 5.97 Å². The third-order valence-corrected chi connectivity index (χ3v) is 5.78. The average Bonchev–Trinajstić information content (AvgIpc) is 2.96. The van der Waals surface area contributed by atoms with Crippen LogP contribution in [-0.4, -0.2) is 18.4 Å². The number of thiophene rings is 1. The first-order valence-corrected chi connectivity index (χ1v) is 9.21. The number of fused-ring (bicyclic) bond motifs is 1. The van der Waals surface area contributed by atoms with E-state index in [1.165, 1.54) is 28.2 Å². The molecule has 0 N–H and O–H groups in total. The third-order valence-electron chi connectivity index (χ3n) is 4.03. The van der Waals surface area contributed by atoms with Crippen molar-refractivity contribution in [2.75, 3.05) is 6.61 Å². The monoisotopic (exact) mass is 392 g/mol. The van der Waals surface area contributed by atoms with Crippen LogP contribution in [0.3, 0.4) is 0 Å². The minimum Gasteiger partial charge on any atom is -0.453 e. The number of carbonyl (C=O) groups is 2. The van der Waals surface area contributed by atoms with Crippen molar-refractivity contribution < 1.29 is 14.3 Å². The second kappa shape index (κ2) is 6.97. The number of ketones is 1. The molecule has 0 bridgehead atoms. The Morgan fingerprint density at radius 3 is 2.78 bits per heavy atom. The minimum absolute atomic E-state index is 0.194. The Hall–Kier alpha value is -1.46. The molecule has 2 aromatic rings. The predicted octanol–water partition coefficient (Wildman–Crippen LogP) is 4.68. The van der Waals surface area contributed by atoms with Crippen LogP contribution in [0.25, 0.3) is 0 Å². The number of esters is 1. The Kier molecular flexibility index (Phi) is 4.97. The van der Waals surface area contributed by atoms with E-state index in [0.717, 1.165) is 17.3 Å². The fourth-order valence-electron chi connectivity index (χ4n) is 2.73. The zero-order valence-electron chi connectivity index (χ0n) is 12.8. The normalized spacial score (nSPS) is 16.7. The van der Waals surface area contributed by atoms with E-state index in [9.17, 15) is 9.59 Å². The molecule has 3 rings (SSSR count). The summed E-state index contributed by atoms with van der Waals surface area (Å²) in [6.07, 6.45) is 3.23. The predicted molar refractivity (Wildman–Crippen MR) is 94.3 cm³/mol. The van der Waals surface area contributed by atoms with Gasteiger partial charge in [-0.2, -0.15) is 0 Å². The number of benzene rings is 1. The maximum Gasteiger partial charge on any atom is 0.348 e. The van der Waals surface area contributed by atoms with Crippen LogP contribution in [0.2, 0.25) is 0 Å². The highest BCUT2D eigenvalue weighted by molar-refractivity contribution is 9.10. The van der Waals surface area contributed by atoms with Crippen molar-refractivity contribution in [1.29, 1.82) is 0 Å². The van der Waals surface area contributed by atoms with Crippen LogP contribution in [0.1, 0.15) is 43.8 Å². The van der Waals surface area contributed by atoms with E-state index in [2.05, 4.69) is 22.9 Å². The van der Waals surface area contributed by atoms with Crippen molar-refractivity contribution in [1.82, 2.24) is 0 Å². The van der Waals surface area contributed by atoms with Crippen molar-refractivity contribution in [3.05, 3.63) is 55.7 Å². The van der Waals surface area contributed by atoms with E-state index < -0.39 is 5.97 Å². The Bertz CT molecular complexity index is 733. The topological polar surface area (TPSA) is 43.4 Å². The van der Waals surface area contributed by atoms with Gasteiger partial charge in [0.05, 0.1) is 0 Å². The fourth-order valence-corrected chi connectivity index (χ4v) is 4.09. The van der Waals surface area contributed by atoms with Crippen LogP contribution in [0.4, 0.5) is 0 Å². The Morgan fingerprint density at radius 1 is 1.30 bits per heavy atom. The summed E-state index contributed by atoms with van der Waals surface area (Å²) in [4.78, 5) is 26.1. The molecule has 0 saturated carbocycles. The molecule has 0 unspecified atom stereocenters. The molecule has 3 nitrogen and oxygen atoms in total. The van der Waals surface area contributed by atoms with E-state index in [1.54, 1.807) is 24.3 Å². The van der Waals surface area contributed by atoms with E-state index in [4.69, 9.17) is 4.74 Å². The van der Waals surface area contributed by atoms with Gasteiger partial charge in [-0.3, -0.25) is 4.79 Å². The van der Waals surface area contributed by atoms with Gasteiger partial charge in [0, 0.05) is 14.9 Å². The van der Waals surface area contributed by atoms with E-state index in [0.29, 0.717) is 16.4 Å². The largest absolute Gasteiger partial charge is 0.453 e. The Balaban J connectivity index is 1.61. The third kappa shape index (κ3) is 3.90. The van der Waals surface area contributed by atoms with E-state index in [-0.39, 0.29) is 12.4 Å². The molecular formula is C18H17BrO3S. The Labute approximate surface area is 147 Å². The van der Waals surface area contributed by atoms with E-state index in [1.807, 2.05) is 6.07 Å². The molecule has 0 amide bonds. The van der Waals surface area contributed by atoms with Gasteiger partial charge in [0.1, 0.15) is 4.88 Å². The van der Waals surface area contributed by atoms with Crippen LogP contribution < -0.4 is 0 Å². The molecule has 0 radical (unpaired) electrons. The summed E-state index contributed by atoms with van der Waals surface area (Å²) in [7, 11) is 0. The number of rotatable bonds is 4. The van der Waals surface area contributed by atoms with E-state index >= 15 is 0 Å². The van der Waals surface area contributed by atoms with Crippen molar-refractivity contribution in [3.63, 3.8) is 0 Å². The molecule has 0 aliphatic heterocycles.